The Morgan fingerprint density at radius 3 is 2.44 bits per heavy atom. The van der Waals surface area contributed by atoms with Gasteiger partial charge in [-0.2, -0.15) is 0 Å². The third kappa shape index (κ3) is 5.50. The van der Waals surface area contributed by atoms with Crippen LogP contribution in [-0.2, 0) is 17.8 Å². The zero-order valence-electron chi connectivity index (χ0n) is 24.3. The quantitative estimate of drug-likeness (QED) is 0.499. The molecule has 5 rings (SSSR count). The first kappa shape index (κ1) is 27.1. The number of benzene rings is 2. The Morgan fingerprint density at radius 1 is 1.03 bits per heavy atom. The molecule has 2 aromatic carbocycles. The van der Waals surface area contributed by atoms with E-state index in [-0.39, 0.29) is 11.9 Å². The molecule has 206 valence electrons. The molecule has 1 unspecified atom stereocenters. The Morgan fingerprint density at radius 2 is 1.77 bits per heavy atom. The normalized spacial score (nSPS) is 18.0. The fourth-order valence-corrected chi connectivity index (χ4v) is 6.16. The number of carbonyl (C=O) groups is 1. The summed E-state index contributed by atoms with van der Waals surface area (Å²) < 4.78 is 0. The minimum Gasteiger partial charge on any atom is -0.369 e. The monoisotopic (exact) mass is 526 g/mol. The van der Waals surface area contributed by atoms with E-state index in [2.05, 4.69) is 92.6 Å². The van der Waals surface area contributed by atoms with Crippen molar-refractivity contribution in [3.8, 4) is 11.4 Å². The Hall–Kier alpha value is -3.45. The van der Waals surface area contributed by atoms with Crippen LogP contribution >= 0.6 is 0 Å². The summed E-state index contributed by atoms with van der Waals surface area (Å²) in [6, 6.07) is 13.4. The molecule has 1 fully saturated rings. The Bertz CT molecular complexity index is 1360. The van der Waals surface area contributed by atoms with E-state index in [4.69, 9.17) is 15.7 Å². The van der Waals surface area contributed by atoms with Crippen molar-refractivity contribution in [2.75, 3.05) is 42.5 Å². The first-order valence-electron chi connectivity index (χ1n) is 14.2. The molecule has 39 heavy (non-hydrogen) atoms. The standard InChI is InChI=1S/C32H42N6O/c1-20(2)25-11-10-21(3)28(16-25)37-13-12-27-26(18-37)32(38-15-14-36(17-24(38)6)19-29(33)39)35-31(34-27)30-22(4)8-7-9-23(30)5/h7-11,16,20,24H,12-15,17-19H2,1-6H3,(H2,33,39). The van der Waals surface area contributed by atoms with Crippen molar-refractivity contribution in [3.05, 3.63) is 69.9 Å². The maximum absolute atomic E-state index is 11.6. The number of piperazine rings is 1. The van der Waals surface area contributed by atoms with Crippen LogP contribution < -0.4 is 15.5 Å². The number of aryl methyl sites for hydroxylation is 3. The third-order valence-corrected chi connectivity index (χ3v) is 8.35. The number of rotatable bonds is 6. The van der Waals surface area contributed by atoms with Crippen LogP contribution in [0.3, 0.4) is 0 Å². The maximum Gasteiger partial charge on any atom is 0.231 e. The molecule has 7 nitrogen and oxygen atoms in total. The third-order valence-electron chi connectivity index (χ3n) is 8.35. The summed E-state index contributed by atoms with van der Waals surface area (Å²) in [4.78, 5) is 29.2. The molecule has 2 N–H and O–H groups in total. The Balaban J connectivity index is 1.58. The molecule has 0 aliphatic carbocycles. The highest BCUT2D eigenvalue weighted by atomic mass is 16.1. The van der Waals surface area contributed by atoms with Gasteiger partial charge in [0, 0.05) is 62.0 Å². The van der Waals surface area contributed by atoms with Gasteiger partial charge in [0.1, 0.15) is 5.82 Å². The molecule has 1 saturated heterocycles. The van der Waals surface area contributed by atoms with E-state index in [0.717, 1.165) is 62.0 Å². The van der Waals surface area contributed by atoms with Crippen LogP contribution in [0, 0.1) is 20.8 Å². The number of nitrogens with zero attached hydrogens (tertiary/aromatic N) is 5. The average Bonchev–Trinajstić information content (AvgIpc) is 2.88. The summed E-state index contributed by atoms with van der Waals surface area (Å²) in [5.41, 5.74) is 15.4. The molecule has 3 aromatic rings. The maximum atomic E-state index is 11.6. The topological polar surface area (TPSA) is 78.6 Å². The van der Waals surface area contributed by atoms with E-state index in [1.54, 1.807) is 0 Å². The van der Waals surface area contributed by atoms with Gasteiger partial charge < -0.3 is 15.5 Å². The number of carbonyl (C=O) groups excluding carboxylic acids is 1. The minimum absolute atomic E-state index is 0.198. The van der Waals surface area contributed by atoms with Crippen LogP contribution in [0.5, 0.6) is 0 Å². The van der Waals surface area contributed by atoms with Gasteiger partial charge in [-0.3, -0.25) is 9.69 Å². The second-order valence-corrected chi connectivity index (χ2v) is 11.7. The summed E-state index contributed by atoms with van der Waals surface area (Å²) in [6.07, 6.45) is 0.879. The molecule has 7 heteroatoms. The number of primary amides is 1. The Labute approximate surface area is 233 Å². The Kier molecular flexibility index (Phi) is 7.63. The summed E-state index contributed by atoms with van der Waals surface area (Å²) >= 11 is 0. The average molecular weight is 527 g/mol. The largest absolute Gasteiger partial charge is 0.369 e. The first-order chi connectivity index (χ1) is 18.6. The summed E-state index contributed by atoms with van der Waals surface area (Å²) in [7, 11) is 0. The van der Waals surface area contributed by atoms with Crippen molar-refractivity contribution in [1.29, 1.82) is 0 Å². The lowest BCUT2D eigenvalue weighted by Gasteiger charge is -2.42. The van der Waals surface area contributed by atoms with Crippen LogP contribution in [0.15, 0.2) is 36.4 Å². The van der Waals surface area contributed by atoms with E-state index < -0.39 is 0 Å². The van der Waals surface area contributed by atoms with Crippen molar-refractivity contribution in [3.63, 3.8) is 0 Å². The first-order valence-corrected chi connectivity index (χ1v) is 14.2. The fourth-order valence-electron chi connectivity index (χ4n) is 6.16. The van der Waals surface area contributed by atoms with Crippen LogP contribution in [0.2, 0.25) is 0 Å². The predicted molar refractivity (Wildman–Crippen MR) is 159 cm³/mol. The molecule has 2 aliphatic rings. The zero-order valence-corrected chi connectivity index (χ0v) is 24.3. The van der Waals surface area contributed by atoms with Gasteiger partial charge in [0.25, 0.3) is 0 Å². The van der Waals surface area contributed by atoms with Crippen LogP contribution in [0.1, 0.15) is 60.2 Å². The van der Waals surface area contributed by atoms with Gasteiger partial charge in [-0.1, -0.05) is 44.2 Å². The van der Waals surface area contributed by atoms with Gasteiger partial charge >= 0.3 is 0 Å². The van der Waals surface area contributed by atoms with E-state index >= 15 is 0 Å². The van der Waals surface area contributed by atoms with E-state index in [0.29, 0.717) is 12.5 Å². The number of fused-ring (bicyclic) bond motifs is 1. The summed E-state index contributed by atoms with van der Waals surface area (Å²) in [5.74, 6) is 2.06. The van der Waals surface area contributed by atoms with Crippen molar-refractivity contribution >= 4 is 17.4 Å². The van der Waals surface area contributed by atoms with Crippen molar-refractivity contribution < 1.29 is 4.79 Å². The van der Waals surface area contributed by atoms with Gasteiger partial charge in [0.2, 0.25) is 5.91 Å². The number of anilines is 2. The molecule has 1 atom stereocenters. The summed E-state index contributed by atoms with van der Waals surface area (Å²) in [6.45, 7) is 17.6. The van der Waals surface area contributed by atoms with Crippen molar-refractivity contribution in [1.82, 2.24) is 14.9 Å². The number of hydrogen-bond acceptors (Lipinski definition) is 6. The number of hydrogen-bond donors (Lipinski definition) is 1. The van der Waals surface area contributed by atoms with E-state index in [9.17, 15) is 4.79 Å². The van der Waals surface area contributed by atoms with Gasteiger partial charge in [0.05, 0.1) is 12.2 Å². The lowest BCUT2D eigenvalue weighted by atomic mass is 9.97. The molecule has 1 amide bonds. The molecular weight excluding hydrogens is 484 g/mol. The van der Waals surface area contributed by atoms with Gasteiger partial charge in [-0.25, -0.2) is 9.97 Å². The zero-order chi connectivity index (χ0) is 27.8. The van der Waals surface area contributed by atoms with Gasteiger partial charge in [0.15, 0.2) is 5.82 Å². The lowest BCUT2D eigenvalue weighted by Crippen LogP contribution is -2.54. The minimum atomic E-state index is -0.276. The molecular formula is C32H42N6O. The van der Waals surface area contributed by atoms with Crippen molar-refractivity contribution in [2.45, 2.75) is 66.5 Å². The summed E-state index contributed by atoms with van der Waals surface area (Å²) in [5, 5.41) is 0. The molecule has 0 spiro atoms. The van der Waals surface area contributed by atoms with E-state index in [1.165, 1.54) is 33.5 Å². The molecule has 2 aliphatic heterocycles. The van der Waals surface area contributed by atoms with Crippen LogP contribution in [0.25, 0.3) is 11.4 Å². The molecule has 3 heterocycles. The van der Waals surface area contributed by atoms with Crippen molar-refractivity contribution in [2.24, 2.45) is 5.73 Å². The van der Waals surface area contributed by atoms with Crippen LogP contribution in [0.4, 0.5) is 11.5 Å². The number of amides is 1. The van der Waals surface area contributed by atoms with Crippen LogP contribution in [-0.4, -0.2) is 59.5 Å². The molecule has 1 aromatic heterocycles. The second kappa shape index (κ2) is 11.0. The highest BCUT2D eigenvalue weighted by Crippen LogP contribution is 2.36. The fraction of sp³-hybridized carbons (Fsp3) is 0.469. The second-order valence-electron chi connectivity index (χ2n) is 11.7. The molecule has 0 bridgehead atoms. The predicted octanol–water partition coefficient (Wildman–Crippen LogP) is 4.75. The number of aromatic nitrogens is 2. The highest BCUT2D eigenvalue weighted by molar-refractivity contribution is 5.76. The SMILES string of the molecule is Cc1ccc(C(C)C)cc1N1CCc2nc(-c3c(C)cccc3C)nc(N3CCN(CC(N)=O)CC3C)c2C1. The molecule has 0 radical (unpaired) electrons. The number of nitrogens with two attached hydrogens (primary N) is 1. The highest BCUT2D eigenvalue weighted by Gasteiger charge is 2.32. The van der Waals surface area contributed by atoms with Gasteiger partial charge in [-0.05, 0) is 61.9 Å². The lowest BCUT2D eigenvalue weighted by molar-refractivity contribution is -0.119. The van der Waals surface area contributed by atoms with E-state index in [1.807, 2.05) is 0 Å². The van der Waals surface area contributed by atoms with Gasteiger partial charge in [-0.15, -0.1) is 0 Å². The molecule has 0 saturated carbocycles. The smallest absolute Gasteiger partial charge is 0.231 e.